The minimum atomic E-state index is -1.38. The smallest absolute Gasteiger partial charge is 0.249 e. The molecule has 1 atom stereocenters. The number of nitrogens with zero attached hydrogens (tertiary/aromatic N) is 1. The number of rotatable bonds is 4. The first-order chi connectivity index (χ1) is 8.45. The highest BCUT2D eigenvalue weighted by molar-refractivity contribution is 6.30. The summed E-state index contributed by atoms with van der Waals surface area (Å²) >= 11 is 5.70. The van der Waals surface area contributed by atoms with Crippen molar-refractivity contribution in [3.63, 3.8) is 0 Å². The van der Waals surface area contributed by atoms with Crippen molar-refractivity contribution in [2.75, 3.05) is 5.32 Å². The fourth-order valence-corrected chi connectivity index (χ4v) is 1.36. The predicted octanol–water partition coefficient (Wildman–Crippen LogP) is 2.56. The monoisotopic (exact) mass is 262 g/mol. The molecule has 1 rings (SSSR count). The molecular weight excluding hydrogens is 252 g/mol. The lowest BCUT2D eigenvalue weighted by Gasteiger charge is -2.09. The van der Waals surface area contributed by atoms with Gasteiger partial charge in [-0.3, -0.25) is 9.59 Å². The topological polar surface area (TPSA) is 70.0 Å². The van der Waals surface area contributed by atoms with Gasteiger partial charge >= 0.3 is 0 Å². The Morgan fingerprint density at radius 1 is 1.39 bits per heavy atom. The third-order valence-electron chi connectivity index (χ3n) is 2.19. The third-order valence-corrected chi connectivity index (χ3v) is 2.44. The molecule has 0 aromatic heterocycles. The number of allylic oxidation sites excluding steroid dienone is 1. The second kappa shape index (κ2) is 5.99. The molecule has 0 aliphatic carbocycles. The van der Waals surface area contributed by atoms with E-state index in [2.05, 4.69) is 11.9 Å². The number of Topliss-reactive ketones (excluding diaryl/α,β-unsaturated/α-hetero) is 1. The average Bonchev–Trinajstić information content (AvgIpc) is 2.32. The fourth-order valence-electron chi connectivity index (χ4n) is 1.23. The first kappa shape index (κ1) is 13.9. The van der Waals surface area contributed by atoms with E-state index in [1.165, 1.54) is 6.92 Å². The lowest BCUT2D eigenvalue weighted by atomic mass is 10.00. The maximum atomic E-state index is 11.7. The maximum Gasteiger partial charge on any atom is 0.249 e. The van der Waals surface area contributed by atoms with Gasteiger partial charge in [-0.15, -0.1) is 0 Å². The van der Waals surface area contributed by atoms with Gasteiger partial charge in [-0.2, -0.15) is 5.26 Å². The van der Waals surface area contributed by atoms with Crippen LogP contribution in [0.1, 0.15) is 6.92 Å². The molecule has 1 aromatic carbocycles. The zero-order valence-corrected chi connectivity index (χ0v) is 10.5. The van der Waals surface area contributed by atoms with Gasteiger partial charge in [-0.05, 0) is 36.8 Å². The molecule has 0 aliphatic rings. The molecule has 4 nitrogen and oxygen atoms in total. The number of nitrogens with one attached hydrogen (secondary N) is 1. The van der Waals surface area contributed by atoms with E-state index in [1.54, 1.807) is 30.3 Å². The number of carbonyl (C=O) groups is 2. The van der Waals surface area contributed by atoms with Crippen LogP contribution >= 0.6 is 11.6 Å². The summed E-state index contributed by atoms with van der Waals surface area (Å²) in [6.07, 6.45) is 0. The number of hydrogen-bond acceptors (Lipinski definition) is 3. The van der Waals surface area contributed by atoms with Crippen LogP contribution in [0.4, 0.5) is 5.69 Å². The molecular formula is C13H11ClN2O2. The second-order valence-electron chi connectivity index (χ2n) is 3.70. The number of carbonyl (C=O) groups excluding carboxylic acids is 2. The summed E-state index contributed by atoms with van der Waals surface area (Å²) in [4.78, 5) is 23.3. The van der Waals surface area contributed by atoms with Gasteiger partial charge in [0.15, 0.2) is 11.7 Å². The van der Waals surface area contributed by atoms with Crippen LogP contribution in [0.5, 0.6) is 0 Å². The van der Waals surface area contributed by atoms with E-state index in [9.17, 15) is 9.59 Å². The summed E-state index contributed by atoms with van der Waals surface area (Å²) < 4.78 is 0. The van der Waals surface area contributed by atoms with Gasteiger partial charge in [0.05, 0.1) is 6.07 Å². The molecule has 0 saturated carbocycles. The molecule has 5 heteroatoms. The molecule has 1 aromatic rings. The molecule has 1 N–H and O–H groups in total. The number of anilines is 1. The van der Waals surface area contributed by atoms with Crippen molar-refractivity contribution in [3.8, 4) is 6.07 Å². The Kier molecular flexibility index (Phi) is 4.64. The van der Waals surface area contributed by atoms with Crippen LogP contribution in [0.15, 0.2) is 36.4 Å². The van der Waals surface area contributed by atoms with E-state index in [-0.39, 0.29) is 5.57 Å². The van der Waals surface area contributed by atoms with E-state index >= 15 is 0 Å². The van der Waals surface area contributed by atoms with Crippen molar-refractivity contribution in [2.24, 2.45) is 5.92 Å². The largest absolute Gasteiger partial charge is 0.325 e. The molecule has 0 radical (unpaired) electrons. The highest BCUT2D eigenvalue weighted by atomic mass is 35.5. The minimum Gasteiger partial charge on any atom is -0.325 e. The Labute approximate surface area is 110 Å². The Morgan fingerprint density at radius 3 is 2.39 bits per heavy atom. The molecule has 0 aliphatic heterocycles. The van der Waals surface area contributed by atoms with E-state index < -0.39 is 17.6 Å². The Hall–Kier alpha value is -2.12. The SMILES string of the molecule is C=C(C)C(=O)C(C#N)C(=O)Nc1ccc(Cl)cc1. The molecule has 1 amide bonds. The molecule has 18 heavy (non-hydrogen) atoms. The van der Waals surface area contributed by atoms with Crippen molar-refractivity contribution in [3.05, 3.63) is 41.4 Å². The Bertz CT molecular complexity index is 529. The average molecular weight is 263 g/mol. The lowest BCUT2D eigenvalue weighted by molar-refractivity contribution is -0.126. The second-order valence-corrected chi connectivity index (χ2v) is 4.14. The number of ketones is 1. The molecule has 1 unspecified atom stereocenters. The van der Waals surface area contributed by atoms with Crippen molar-refractivity contribution in [1.29, 1.82) is 5.26 Å². The van der Waals surface area contributed by atoms with Gasteiger partial charge in [0.2, 0.25) is 5.91 Å². The van der Waals surface area contributed by atoms with Crippen LogP contribution in [0.25, 0.3) is 0 Å². The van der Waals surface area contributed by atoms with Gasteiger partial charge in [-0.25, -0.2) is 0 Å². The molecule has 0 spiro atoms. The van der Waals surface area contributed by atoms with Gasteiger partial charge < -0.3 is 5.32 Å². The predicted molar refractivity (Wildman–Crippen MR) is 69.0 cm³/mol. The highest BCUT2D eigenvalue weighted by Gasteiger charge is 2.26. The van der Waals surface area contributed by atoms with Crippen molar-refractivity contribution >= 4 is 29.0 Å². The van der Waals surface area contributed by atoms with Crippen molar-refractivity contribution in [1.82, 2.24) is 0 Å². The molecule has 0 bridgehead atoms. The van der Waals surface area contributed by atoms with Gasteiger partial charge in [-0.1, -0.05) is 18.2 Å². The minimum absolute atomic E-state index is 0.174. The van der Waals surface area contributed by atoms with E-state index in [4.69, 9.17) is 16.9 Å². The van der Waals surface area contributed by atoms with Crippen LogP contribution in [0.2, 0.25) is 5.02 Å². The summed E-state index contributed by atoms with van der Waals surface area (Å²) in [6.45, 7) is 4.89. The number of benzene rings is 1. The first-order valence-electron chi connectivity index (χ1n) is 5.11. The molecule has 92 valence electrons. The maximum absolute atomic E-state index is 11.7. The number of nitriles is 1. The summed E-state index contributed by atoms with van der Waals surface area (Å²) in [6, 6.07) is 8.03. The summed E-state index contributed by atoms with van der Waals surface area (Å²) in [7, 11) is 0. The van der Waals surface area contributed by atoms with Gasteiger partial charge in [0.1, 0.15) is 0 Å². The normalized spacial score (nSPS) is 11.2. The van der Waals surface area contributed by atoms with Crippen molar-refractivity contribution < 1.29 is 9.59 Å². The zero-order valence-electron chi connectivity index (χ0n) is 9.74. The highest BCUT2D eigenvalue weighted by Crippen LogP contribution is 2.15. The standard InChI is InChI=1S/C13H11ClN2O2/c1-8(2)12(17)11(7-15)13(18)16-10-5-3-9(14)4-6-10/h3-6,11H,1H2,2H3,(H,16,18). The summed E-state index contributed by atoms with van der Waals surface area (Å²) in [5.41, 5.74) is 0.645. The van der Waals surface area contributed by atoms with Crippen molar-refractivity contribution in [2.45, 2.75) is 6.92 Å². The van der Waals surface area contributed by atoms with E-state index in [1.807, 2.05) is 0 Å². The van der Waals surface area contributed by atoms with Crippen LogP contribution in [0, 0.1) is 17.2 Å². The molecule has 0 heterocycles. The van der Waals surface area contributed by atoms with E-state index in [0.717, 1.165) is 0 Å². The lowest BCUT2D eigenvalue weighted by Crippen LogP contribution is -2.28. The van der Waals surface area contributed by atoms with Gasteiger partial charge in [0, 0.05) is 10.7 Å². The van der Waals surface area contributed by atoms with Crippen LogP contribution in [0.3, 0.4) is 0 Å². The van der Waals surface area contributed by atoms with Crippen LogP contribution in [-0.2, 0) is 9.59 Å². The number of halogens is 1. The fraction of sp³-hybridized carbons (Fsp3) is 0.154. The number of amides is 1. The Morgan fingerprint density at radius 2 is 1.94 bits per heavy atom. The van der Waals surface area contributed by atoms with Gasteiger partial charge in [0.25, 0.3) is 0 Å². The quantitative estimate of drug-likeness (QED) is 0.670. The van der Waals surface area contributed by atoms with Crippen LogP contribution in [-0.4, -0.2) is 11.7 Å². The van der Waals surface area contributed by atoms with Crippen LogP contribution < -0.4 is 5.32 Å². The Balaban J connectivity index is 2.81. The third kappa shape index (κ3) is 3.44. The number of hydrogen-bond donors (Lipinski definition) is 1. The summed E-state index contributed by atoms with van der Waals surface area (Å²) in [5.74, 6) is -2.63. The molecule has 0 fully saturated rings. The van der Waals surface area contributed by atoms with E-state index in [0.29, 0.717) is 10.7 Å². The zero-order chi connectivity index (χ0) is 13.7. The summed E-state index contributed by atoms with van der Waals surface area (Å²) in [5, 5.41) is 11.8. The molecule has 0 saturated heterocycles. The first-order valence-corrected chi connectivity index (χ1v) is 5.49.